The zero-order valence-electron chi connectivity index (χ0n) is 9.63. The second-order valence-electron chi connectivity index (χ2n) is 4.05. The molecule has 15 heavy (non-hydrogen) atoms. The van der Waals surface area contributed by atoms with Gasteiger partial charge < -0.3 is 10.6 Å². The monoisotopic (exact) mass is 210 g/mol. The number of hydrogen-bond donors (Lipinski definition) is 1. The highest BCUT2D eigenvalue weighted by molar-refractivity contribution is 5.55. The Labute approximate surface area is 90.9 Å². The maximum absolute atomic E-state index is 13.6. The molecule has 0 amide bonds. The zero-order valence-corrected chi connectivity index (χ0v) is 9.63. The first-order valence-corrected chi connectivity index (χ1v) is 5.23. The van der Waals surface area contributed by atoms with Crippen LogP contribution in [0.1, 0.15) is 24.8 Å². The van der Waals surface area contributed by atoms with Crippen molar-refractivity contribution in [2.75, 3.05) is 25.5 Å². The highest BCUT2D eigenvalue weighted by atomic mass is 19.1. The van der Waals surface area contributed by atoms with Gasteiger partial charge in [0, 0.05) is 14.1 Å². The summed E-state index contributed by atoms with van der Waals surface area (Å²) in [6.07, 6.45) is 0.879. The second kappa shape index (κ2) is 5.12. The summed E-state index contributed by atoms with van der Waals surface area (Å²) in [5.74, 6) is 0.129. The van der Waals surface area contributed by atoms with Gasteiger partial charge in [-0.05, 0) is 30.5 Å². The fraction of sp³-hybridized carbons (Fsp3) is 0.500. The number of nitrogens with zero attached hydrogens (tertiary/aromatic N) is 1. The number of rotatable bonds is 4. The number of para-hydroxylation sites is 1. The molecule has 0 aliphatic carbocycles. The van der Waals surface area contributed by atoms with Crippen LogP contribution >= 0.6 is 0 Å². The molecule has 0 aliphatic heterocycles. The lowest BCUT2D eigenvalue weighted by Gasteiger charge is -2.21. The van der Waals surface area contributed by atoms with Gasteiger partial charge in [0.25, 0.3) is 0 Å². The van der Waals surface area contributed by atoms with Crippen molar-refractivity contribution < 1.29 is 4.39 Å². The molecule has 2 nitrogen and oxygen atoms in total. The van der Waals surface area contributed by atoms with Crippen LogP contribution in [0, 0.1) is 5.82 Å². The van der Waals surface area contributed by atoms with Gasteiger partial charge in [0.05, 0.1) is 5.69 Å². The van der Waals surface area contributed by atoms with Crippen LogP contribution in [0.15, 0.2) is 18.2 Å². The number of halogens is 1. The van der Waals surface area contributed by atoms with Crippen molar-refractivity contribution in [3.63, 3.8) is 0 Å². The fourth-order valence-electron chi connectivity index (χ4n) is 1.81. The van der Waals surface area contributed by atoms with Gasteiger partial charge in [-0.1, -0.05) is 19.1 Å². The Hall–Kier alpha value is -1.09. The summed E-state index contributed by atoms with van der Waals surface area (Å²) < 4.78 is 13.6. The summed E-state index contributed by atoms with van der Waals surface area (Å²) in [5.41, 5.74) is 7.24. The molecule has 0 radical (unpaired) electrons. The first kappa shape index (κ1) is 12.0. The maximum Gasteiger partial charge on any atom is 0.146 e. The van der Waals surface area contributed by atoms with Crippen LogP contribution < -0.4 is 10.6 Å². The Kier molecular flexibility index (Phi) is 4.09. The second-order valence-corrected chi connectivity index (χ2v) is 4.05. The predicted octanol–water partition coefficient (Wildman–Crippen LogP) is 2.34. The lowest BCUT2D eigenvalue weighted by Crippen LogP contribution is -2.15. The van der Waals surface area contributed by atoms with Crippen molar-refractivity contribution in [2.24, 2.45) is 5.73 Å². The Morgan fingerprint density at radius 1 is 1.40 bits per heavy atom. The smallest absolute Gasteiger partial charge is 0.146 e. The van der Waals surface area contributed by atoms with Crippen molar-refractivity contribution >= 4 is 5.69 Å². The number of nitrogens with two attached hydrogens (primary N) is 1. The van der Waals surface area contributed by atoms with E-state index in [4.69, 9.17) is 5.73 Å². The Bertz CT molecular complexity index is 323. The molecular formula is C12H19FN2. The Morgan fingerprint density at radius 2 is 2.07 bits per heavy atom. The highest BCUT2D eigenvalue weighted by Gasteiger charge is 2.14. The van der Waals surface area contributed by atoms with Gasteiger partial charge >= 0.3 is 0 Å². The third-order valence-corrected chi connectivity index (χ3v) is 2.60. The number of benzene rings is 1. The minimum absolute atomic E-state index is 0.165. The average Bonchev–Trinajstić information content (AvgIpc) is 2.17. The molecule has 1 unspecified atom stereocenters. The molecule has 0 bridgehead atoms. The molecule has 1 atom stereocenters. The number of hydrogen-bond acceptors (Lipinski definition) is 2. The summed E-state index contributed by atoms with van der Waals surface area (Å²) >= 11 is 0. The molecular weight excluding hydrogens is 191 g/mol. The van der Waals surface area contributed by atoms with Crippen molar-refractivity contribution in [2.45, 2.75) is 19.3 Å². The van der Waals surface area contributed by atoms with Gasteiger partial charge in [0.15, 0.2) is 0 Å². The van der Waals surface area contributed by atoms with Gasteiger partial charge in [-0.25, -0.2) is 4.39 Å². The standard InChI is InChI=1S/C12H19FN2/c1-9(7-8-14)10-5-4-6-11(13)12(10)15(2)3/h4-6,9H,7-8,14H2,1-3H3. The van der Waals surface area contributed by atoms with Crippen LogP contribution in [0.25, 0.3) is 0 Å². The minimum atomic E-state index is -0.165. The SMILES string of the molecule is CC(CCN)c1cccc(F)c1N(C)C. The molecule has 0 saturated heterocycles. The average molecular weight is 210 g/mol. The summed E-state index contributed by atoms with van der Waals surface area (Å²) in [6, 6.07) is 5.22. The Morgan fingerprint density at radius 3 is 2.60 bits per heavy atom. The van der Waals surface area contributed by atoms with Crippen LogP contribution in [0.5, 0.6) is 0 Å². The molecule has 0 spiro atoms. The zero-order chi connectivity index (χ0) is 11.4. The molecule has 84 valence electrons. The van der Waals surface area contributed by atoms with E-state index < -0.39 is 0 Å². The summed E-state index contributed by atoms with van der Waals surface area (Å²) in [4.78, 5) is 1.82. The number of anilines is 1. The largest absolute Gasteiger partial charge is 0.375 e. The van der Waals surface area contributed by atoms with E-state index >= 15 is 0 Å². The minimum Gasteiger partial charge on any atom is -0.375 e. The molecule has 1 aromatic carbocycles. The van der Waals surface area contributed by atoms with Gasteiger partial charge in [-0.3, -0.25) is 0 Å². The van der Waals surface area contributed by atoms with Crippen LogP contribution in [-0.4, -0.2) is 20.6 Å². The van der Waals surface area contributed by atoms with Gasteiger partial charge in [-0.15, -0.1) is 0 Å². The first-order valence-electron chi connectivity index (χ1n) is 5.23. The van der Waals surface area contributed by atoms with Crippen molar-refractivity contribution in [1.82, 2.24) is 0 Å². The molecule has 0 fully saturated rings. The van der Waals surface area contributed by atoms with E-state index in [9.17, 15) is 4.39 Å². The summed E-state index contributed by atoms with van der Waals surface area (Å²) in [7, 11) is 3.72. The summed E-state index contributed by atoms with van der Waals surface area (Å²) in [6.45, 7) is 2.71. The highest BCUT2D eigenvalue weighted by Crippen LogP contribution is 2.30. The van der Waals surface area contributed by atoms with Crippen molar-refractivity contribution in [1.29, 1.82) is 0 Å². The molecule has 3 heteroatoms. The van der Waals surface area contributed by atoms with Crippen molar-refractivity contribution in [3.8, 4) is 0 Å². The molecule has 0 aliphatic rings. The van der Waals surface area contributed by atoms with E-state index in [2.05, 4.69) is 6.92 Å². The van der Waals surface area contributed by atoms with E-state index in [0.717, 1.165) is 12.0 Å². The van der Waals surface area contributed by atoms with E-state index in [-0.39, 0.29) is 5.82 Å². The molecule has 0 saturated carbocycles. The van der Waals surface area contributed by atoms with E-state index in [1.54, 1.807) is 6.07 Å². The van der Waals surface area contributed by atoms with E-state index in [1.807, 2.05) is 25.1 Å². The molecule has 1 rings (SSSR count). The Balaban J connectivity index is 3.10. The third kappa shape index (κ3) is 2.69. The van der Waals surface area contributed by atoms with Crippen LogP contribution in [0.4, 0.5) is 10.1 Å². The first-order chi connectivity index (χ1) is 7.07. The van der Waals surface area contributed by atoms with Gasteiger partial charge in [-0.2, -0.15) is 0 Å². The van der Waals surface area contributed by atoms with Crippen LogP contribution in [0.2, 0.25) is 0 Å². The molecule has 0 aromatic heterocycles. The van der Waals surface area contributed by atoms with Gasteiger partial charge in [0.1, 0.15) is 5.82 Å². The molecule has 2 N–H and O–H groups in total. The topological polar surface area (TPSA) is 29.3 Å². The lowest BCUT2D eigenvalue weighted by atomic mass is 9.95. The maximum atomic E-state index is 13.6. The van der Waals surface area contributed by atoms with Crippen LogP contribution in [0.3, 0.4) is 0 Å². The fourth-order valence-corrected chi connectivity index (χ4v) is 1.81. The normalized spacial score (nSPS) is 12.6. The summed E-state index contributed by atoms with van der Waals surface area (Å²) in [5, 5.41) is 0. The third-order valence-electron chi connectivity index (χ3n) is 2.60. The van der Waals surface area contributed by atoms with E-state index in [1.165, 1.54) is 6.07 Å². The molecule has 1 aromatic rings. The van der Waals surface area contributed by atoms with Crippen LogP contribution in [-0.2, 0) is 0 Å². The predicted molar refractivity (Wildman–Crippen MR) is 62.8 cm³/mol. The quantitative estimate of drug-likeness (QED) is 0.826. The van der Waals surface area contributed by atoms with Gasteiger partial charge in [0.2, 0.25) is 0 Å². The van der Waals surface area contributed by atoms with E-state index in [0.29, 0.717) is 18.2 Å². The van der Waals surface area contributed by atoms with Crippen molar-refractivity contribution in [3.05, 3.63) is 29.6 Å². The lowest BCUT2D eigenvalue weighted by molar-refractivity contribution is 0.615. The molecule has 0 heterocycles.